The third kappa shape index (κ3) is 7.13. The average Bonchev–Trinajstić information content (AvgIpc) is 3.27. The van der Waals surface area contributed by atoms with Crippen molar-refractivity contribution in [3.05, 3.63) is 34.6 Å². The molecule has 0 radical (unpaired) electrons. The van der Waals surface area contributed by atoms with E-state index in [-0.39, 0.29) is 37.1 Å². The number of allylic oxidation sites excluding steroid dienone is 1. The minimum Gasteiger partial charge on any atom is -0.392 e. The first-order chi connectivity index (χ1) is 17.3. The average molecular weight is 537 g/mol. The molecule has 1 amide bonds. The van der Waals surface area contributed by atoms with Gasteiger partial charge in [-0.05, 0) is 45.1 Å². The summed E-state index contributed by atoms with van der Waals surface area (Å²) in [6.45, 7) is 12.6. The summed E-state index contributed by atoms with van der Waals surface area (Å²) in [5.74, 6) is -2.33. The van der Waals surface area contributed by atoms with Crippen LogP contribution in [0.15, 0.2) is 23.9 Å². The van der Waals surface area contributed by atoms with Crippen LogP contribution in [0.4, 0.5) is 4.39 Å². The SMILES string of the molecule is C=CC[C@H]1C(=O)C(C)(C)[C@@H](O)CC(=O)N[C@H](C(F)=Cc2csc(C)n2)CC2OC2(C)CCC[C@H](C)[C@H]1O. The molecule has 3 rings (SSSR count). The van der Waals surface area contributed by atoms with Gasteiger partial charge in [0.2, 0.25) is 5.91 Å². The van der Waals surface area contributed by atoms with Gasteiger partial charge in [-0.3, -0.25) is 9.59 Å². The maximum Gasteiger partial charge on any atom is 0.223 e. The summed E-state index contributed by atoms with van der Waals surface area (Å²) in [7, 11) is 0. The first-order valence-corrected chi connectivity index (χ1v) is 13.9. The zero-order valence-corrected chi connectivity index (χ0v) is 23.3. The summed E-state index contributed by atoms with van der Waals surface area (Å²) < 4.78 is 21.4. The van der Waals surface area contributed by atoms with Crippen LogP contribution in [-0.4, -0.2) is 56.8 Å². The Kier molecular flexibility index (Phi) is 9.48. The molecule has 2 aliphatic rings. The lowest BCUT2D eigenvalue weighted by Crippen LogP contribution is -2.48. The number of aromatic nitrogens is 1. The first kappa shape index (κ1) is 29.6. The van der Waals surface area contributed by atoms with Crippen molar-refractivity contribution in [3.63, 3.8) is 0 Å². The fraction of sp³-hybridized carbons (Fsp3) is 0.679. The van der Waals surface area contributed by atoms with Crippen LogP contribution < -0.4 is 5.32 Å². The Labute approximate surface area is 223 Å². The number of hydrogen-bond acceptors (Lipinski definition) is 7. The number of halogens is 1. The molecule has 1 aromatic heterocycles. The molecule has 2 fully saturated rings. The minimum absolute atomic E-state index is 0.159. The van der Waals surface area contributed by atoms with Crippen LogP contribution >= 0.6 is 11.3 Å². The number of fused-ring (bicyclic) bond motifs is 1. The van der Waals surface area contributed by atoms with E-state index >= 15 is 4.39 Å². The second kappa shape index (κ2) is 11.8. The van der Waals surface area contributed by atoms with Crippen LogP contribution in [0.2, 0.25) is 0 Å². The van der Waals surface area contributed by atoms with E-state index in [2.05, 4.69) is 16.9 Å². The van der Waals surface area contributed by atoms with E-state index in [0.29, 0.717) is 12.1 Å². The molecule has 0 bridgehead atoms. The number of Topliss-reactive ketones (excluding diaryl/α,β-unsaturated/α-hetero) is 1. The molecule has 7 atom stereocenters. The fourth-order valence-corrected chi connectivity index (χ4v) is 5.77. The van der Waals surface area contributed by atoms with Crippen LogP contribution in [0, 0.1) is 24.2 Å². The van der Waals surface area contributed by atoms with Crippen molar-refractivity contribution in [2.45, 2.75) is 103 Å². The van der Waals surface area contributed by atoms with Gasteiger partial charge in [0.15, 0.2) is 0 Å². The van der Waals surface area contributed by atoms with Gasteiger partial charge < -0.3 is 20.3 Å². The molecule has 206 valence electrons. The van der Waals surface area contributed by atoms with E-state index in [9.17, 15) is 19.8 Å². The number of ether oxygens (including phenoxy) is 1. The zero-order chi connectivity index (χ0) is 27.5. The number of nitrogens with zero attached hydrogens (tertiary/aromatic N) is 1. The van der Waals surface area contributed by atoms with Crippen molar-refractivity contribution in [2.75, 3.05) is 0 Å². The summed E-state index contributed by atoms with van der Waals surface area (Å²) in [5, 5.41) is 27.3. The van der Waals surface area contributed by atoms with Gasteiger partial charge in [0.05, 0.1) is 52.5 Å². The number of carbonyl (C=O) groups is 2. The Morgan fingerprint density at radius 1 is 1.35 bits per heavy atom. The molecule has 0 aliphatic carbocycles. The molecular weight excluding hydrogens is 495 g/mol. The van der Waals surface area contributed by atoms with Gasteiger partial charge in [-0.15, -0.1) is 17.9 Å². The molecule has 1 aromatic rings. The molecule has 0 spiro atoms. The van der Waals surface area contributed by atoms with Gasteiger partial charge >= 0.3 is 0 Å². The van der Waals surface area contributed by atoms with E-state index in [4.69, 9.17) is 4.74 Å². The van der Waals surface area contributed by atoms with E-state index in [1.54, 1.807) is 25.3 Å². The number of carbonyl (C=O) groups excluding carboxylic acids is 2. The van der Waals surface area contributed by atoms with Gasteiger partial charge in [0.25, 0.3) is 0 Å². The van der Waals surface area contributed by atoms with Gasteiger partial charge in [0, 0.05) is 17.7 Å². The molecule has 7 nitrogen and oxygen atoms in total. The molecule has 3 N–H and O–H groups in total. The van der Waals surface area contributed by atoms with Gasteiger partial charge in [-0.25, -0.2) is 9.37 Å². The summed E-state index contributed by atoms with van der Waals surface area (Å²) in [5.41, 5.74) is -1.27. The highest BCUT2D eigenvalue weighted by Crippen LogP contribution is 2.44. The largest absolute Gasteiger partial charge is 0.392 e. The summed E-state index contributed by atoms with van der Waals surface area (Å²) in [6, 6.07) is -0.950. The summed E-state index contributed by atoms with van der Waals surface area (Å²) in [6.07, 6.45) is 2.75. The lowest BCUT2D eigenvalue weighted by atomic mass is 9.71. The lowest BCUT2D eigenvalue weighted by Gasteiger charge is -2.35. The quantitative estimate of drug-likeness (QED) is 0.386. The number of aliphatic hydroxyl groups excluding tert-OH is 2. The molecule has 2 saturated heterocycles. The molecule has 0 saturated carbocycles. The van der Waals surface area contributed by atoms with Crippen LogP contribution in [0.5, 0.6) is 0 Å². The van der Waals surface area contributed by atoms with Crippen LogP contribution in [0.3, 0.4) is 0 Å². The second-order valence-corrected chi connectivity index (χ2v) is 12.5. The molecule has 2 unspecified atom stereocenters. The van der Waals surface area contributed by atoms with Crippen molar-refractivity contribution in [2.24, 2.45) is 17.3 Å². The Morgan fingerprint density at radius 3 is 2.68 bits per heavy atom. The highest BCUT2D eigenvalue weighted by atomic mass is 32.1. The Morgan fingerprint density at radius 2 is 2.05 bits per heavy atom. The molecule has 0 aromatic carbocycles. The minimum atomic E-state index is -1.32. The number of hydrogen-bond donors (Lipinski definition) is 3. The standard InChI is InChI=1S/C28H41FN2O5S/c1-7-9-19-25(34)16(2)10-8-11-28(6)23(36-28)13-21(20(29)12-18-15-37-17(3)30-18)31-24(33)14-22(32)27(4,5)26(19)35/h7,12,15-16,19,21-23,25,32,34H,1,8-11,13-14H2,2-6H3,(H,31,33)/t16-,19+,21-,22-,23?,25+,28?/m0/s1. The first-order valence-electron chi connectivity index (χ1n) is 13.1. The van der Waals surface area contributed by atoms with Crippen molar-refractivity contribution in [1.82, 2.24) is 10.3 Å². The van der Waals surface area contributed by atoms with Crippen LogP contribution in [0.1, 0.15) is 76.9 Å². The molecule has 3 heterocycles. The number of ketones is 1. The summed E-state index contributed by atoms with van der Waals surface area (Å²) in [4.78, 5) is 30.8. The highest BCUT2D eigenvalue weighted by Gasteiger charge is 2.53. The van der Waals surface area contributed by atoms with Crippen molar-refractivity contribution < 1.29 is 28.9 Å². The predicted molar refractivity (Wildman–Crippen MR) is 142 cm³/mol. The van der Waals surface area contributed by atoms with E-state index in [1.165, 1.54) is 17.4 Å². The Hall–Kier alpha value is -1.94. The molecule has 37 heavy (non-hydrogen) atoms. The lowest BCUT2D eigenvalue weighted by molar-refractivity contribution is -0.144. The van der Waals surface area contributed by atoms with Gasteiger partial charge in [-0.1, -0.05) is 33.3 Å². The number of aliphatic hydroxyl groups is 2. The maximum absolute atomic E-state index is 15.4. The van der Waals surface area contributed by atoms with Crippen LogP contribution in [0.25, 0.3) is 6.08 Å². The number of epoxide rings is 1. The topological polar surface area (TPSA) is 112 Å². The highest BCUT2D eigenvalue weighted by molar-refractivity contribution is 7.09. The normalized spacial score (nSPS) is 35.9. The number of amides is 1. The van der Waals surface area contributed by atoms with Gasteiger partial charge in [0.1, 0.15) is 11.6 Å². The van der Waals surface area contributed by atoms with Gasteiger partial charge in [-0.2, -0.15) is 0 Å². The Bertz CT molecular complexity index is 1020. The van der Waals surface area contributed by atoms with E-state index in [0.717, 1.165) is 17.8 Å². The van der Waals surface area contributed by atoms with Crippen molar-refractivity contribution in [1.29, 1.82) is 0 Å². The smallest absolute Gasteiger partial charge is 0.223 e. The zero-order valence-electron chi connectivity index (χ0n) is 22.5. The number of nitrogens with one attached hydrogen (secondary N) is 1. The van der Waals surface area contributed by atoms with Crippen LogP contribution in [-0.2, 0) is 14.3 Å². The van der Waals surface area contributed by atoms with Crippen molar-refractivity contribution >= 4 is 29.1 Å². The molecule has 2 aliphatic heterocycles. The van der Waals surface area contributed by atoms with Crippen molar-refractivity contribution in [3.8, 4) is 0 Å². The van der Waals surface area contributed by atoms with E-state index in [1.807, 2.05) is 20.8 Å². The fourth-order valence-electron chi connectivity index (χ4n) is 5.20. The number of thiazole rings is 1. The molecule has 9 heteroatoms. The Balaban J connectivity index is 1.88. The predicted octanol–water partition coefficient (Wildman–Crippen LogP) is 4.51. The maximum atomic E-state index is 15.4. The monoisotopic (exact) mass is 536 g/mol. The molecular formula is C28H41FN2O5S. The number of rotatable bonds is 4. The van der Waals surface area contributed by atoms with E-state index < -0.39 is 46.9 Å². The summed E-state index contributed by atoms with van der Waals surface area (Å²) >= 11 is 1.41. The number of aryl methyl sites for hydroxylation is 1. The third-order valence-electron chi connectivity index (χ3n) is 8.01. The second-order valence-electron chi connectivity index (χ2n) is 11.4. The third-order valence-corrected chi connectivity index (χ3v) is 8.80.